The first-order chi connectivity index (χ1) is 18.9. The van der Waals surface area contributed by atoms with E-state index in [0.29, 0.717) is 24.2 Å². The highest BCUT2D eigenvalue weighted by atomic mass is 16.2. The Balaban J connectivity index is 1.22. The van der Waals surface area contributed by atoms with Gasteiger partial charge in [0.05, 0.1) is 29.8 Å². The fourth-order valence-corrected chi connectivity index (χ4v) is 5.24. The summed E-state index contributed by atoms with van der Waals surface area (Å²) in [6.45, 7) is 5.44. The molecule has 1 unspecified atom stereocenters. The van der Waals surface area contributed by atoms with Crippen LogP contribution in [0.4, 0.5) is 11.4 Å². The van der Waals surface area contributed by atoms with E-state index in [2.05, 4.69) is 75.3 Å². The number of aryl methyl sites for hydroxylation is 1. The number of anilines is 2. The van der Waals surface area contributed by atoms with E-state index in [1.165, 1.54) is 11.3 Å². The number of piperazine rings is 1. The number of H-pyrrole nitrogens is 1. The minimum atomic E-state index is -0.189. The van der Waals surface area contributed by atoms with Crippen LogP contribution < -0.4 is 10.2 Å². The molecule has 2 heterocycles. The van der Waals surface area contributed by atoms with Gasteiger partial charge in [0.25, 0.3) is 5.91 Å². The van der Waals surface area contributed by atoms with Crippen LogP contribution in [-0.4, -0.2) is 77.9 Å². The molecule has 0 bridgehead atoms. The van der Waals surface area contributed by atoms with Crippen LogP contribution in [0.5, 0.6) is 0 Å². The molecular formula is C31H36N6O2. The molecule has 8 nitrogen and oxygen atoms in total. The van der Waals surface area contributed by atoms with Gasteiger partial charge in [-0.25, -0.2) is 4.98 Å². The highest BCUT2D eigenvalue weighted by Gasteiger charge is 2.30. The van der Waals surface area contributed by atoms with Crippen LogP contribution in [-0.2, 0) is 11.2 Å². The van der Waals surface area contributed by atoms with E-state index in [-0.39, 0.29) is 17.9 Å². The number of nitrogens with zero attached hydrogens (tertiary/aromatic N) is 4. The van der Waals surface area contributed by atoms with Gasteiger partial charge in [-0.2, -0.15) is 0 Å². The van der Waals surface area contributed by atoms with Gasteiger partial charge in [-0.1, -0.05) is 30.3 Å². The largest absolute Gasteiger partial charge is 0.367 e. The first-order valence-corrected chi connectivity index (χ1v) is 13.5. The number of para-hydroxylation sites is 1. The predicted octanol–water partition coefficient (Wildman–Crippen LogP) is 4.34. The molecule has 0 spiro atoms. The summed E-state index contributed by atoms with van der Waals surface area (Å²) >= 11 is 0. The Kier molecular flexibility index (Phi) is 7.93. The van der Waals surface area contributed by atoms with Gasteiger partial charge in [-0.15, -0.1) is 0 Å². The van der Waals surface area contributed by atoms with Crippen molar-refractivity contribution in [2.45, 2.75) is 25.8 Å². The van der Waals surface area contributed by atoms with Crippen LogP contribution in [0, 0.1) is 6.92 Å². The second-order valence-corrected chi connectivity index (χ2v) is 10.5. The predicted molar refractivity (Wildman–Crippen MR) is 156 cm³/mol. The highest BCUT2D eigenvalue weighted by Crippen LogP contribution is 2.25. The van der Waals surface area contributed by atoms with Gasteiger partial charge < -0.3 is 25.0 Å². The molecule has 0 aliphatic carbocycles. The van der Waals surface area contributed by atoms with Gasteiger partial charge in [0.1, 0.15) is 0 Å². The number of imidazole rings is 1. The Hall–Kier alpha value is -4.17. The molecule has 1 saturated heterocycles. The summed E-state index contributed by atoms with van der Waals surface area (Å²) in [5, 5.41) is 2.94. The normalized spacial score (nSPS) is 15.6. The number of rotatable bonds is 8. The van der Waals surface area contributed by atoms with E-state index in [4.69, 9.17) is 0 Å². The zero-order valence-electron chi connectivity index (χ0n) is 22.9. The van der Waals surface area contributed by atoms with Crippen LogP contribution in [0.3, 0.4) is 0 Å². The molecule has 1 aromatic heterocycles. The lowest BCUT2D eigenvalue weighted by atomic mass is 10.0. The molecule has 3 aromatic carbocycles. The van der Waals surface area contributed by atoms with Gasteiger partial charge in [0, 0.05) is 36.6 Å². The Labute approximate surface area is 229 Å². The van der Waals surface area contributed by atoms with Gasteiger partial charge in [0.2, 0.25) is 5.91 Å². The first-order valence-electron chi connectivity index (χ1n) is 13.5. The number of hydrogen-bond acceptors (Lipinski definition) is 5. The molecule has 5 rings (SSSR count). The number of hydrogen-bond donors (Lipinski definition) is 2. The smallest absolute Gasteiger partial charge is 0.255 e. The number of benzene rings is 3. The third-order valence-corrected chi connectivity index (χ3v) is 7.42. The van der Waals surface area contributed by atoms with E-state index in [9.17, 15) is 9.59 Å². The van der Waals surface area contributed by atoms with Crippen LogP contribution in [0.25, 0.3) is 11.0 Å². The molecule has 1 aliphatic heterocycles. The standard InChI is InChI=1S/C31H36N6O2/c1-22-6-4-5-7-29(22)36-16-17-37(26(20-36)14-15-35(2)3)30(38)18-23-8-11-25(12-9-23)34-31(39)24-10-13-27-28(19-24)33-21-32-27/h4-13,19,21,26H,14-18,20H2,1-3H3,(H,32,33)(H,34,39). The molecule has 4 aromatic rings. The monoisotopic (exact) mass is 524 g/mol. The number of carbonyl (C=O) groups is 2. The highest BCUT2D eigenvalue weighted by molar-refractivity contribution is 6.05. The molecule has 0 radical (unpaired) electrons. The van der Waals surface area contributed by atoms with Crippen molar-refractivity contribution in [1.29, 1.82) is 0 Å². The molecular weight excluding hydrogens is 488 g/mol. The lowest BCUT2D eigenvalue weighted by molar-refractivity contribution is -0.133. The topological polar surface area (TPSA) is 84.6 Å². The molecule has 1 atom stereocenters. The lowest BCUT2D eigenvalue weighted by Gasteiger charge is -2.43. The Morgan fingerprint density at radius 2 is 1.85 bits per heavy atom. The quantitative estimate of drug-likeness (QED) is 0.358. The number of amides is 2. The summed E-state index contributed by atoms with van der Waals surface area (Å²) in [6, 6.07) is 21.5. The van der Waals surface area contributed by atoms with Crippen LogP contribution in [0.2, 0.25) is 0 Å². The van der Waals surface area contributed by atoms with Gasteiger partial charge in [-0.05, 0) is 81.5 Å². The maximum Gasteiger partial charge on any atom is 0.255 e. The zero-order chi connectivity index (χ0) is 27.4. The van der Waals surface area contributed by atoms with E-state index in [1.54, 1.807) is 18.5 Å². The molecule has 39 heavy (non-hydrogen) atoms. The van der Waals surface area contributed by atoms with Crippen LogP contribution in [0.15, 0.2) is 73.1 Å². The average Bonchev–Trinajstić information content (AvgIpc) is 3.41. The minimum Gasteiger partial charge on any atom is -0.367 e. The third-order valence-electron chi connectivity index (χ3n) is 7.42. The summed E-state index contributed by atoms with van der Waals surface area (Å²) in [6.07, 6.45) is 2.88. The number of aromatic amines is 1. The van der Waals surface area contributed by atoms with E-state index in [1.807, 2.05) is 30.3 Å². The third kappa shape index (κ3) is 6.29. The van der Waals surface area contributed by atoms with E-state index >= 15 is 0 Å². The summed E-state index contributed by atoms with van der Waals surface area (Å²) < 4.78 is 0. The van der Waals surface area contributed by atoms with Crippen molar-refractivity contribution in [2.75, 3.05) is 50.5 Å². The van der Waals surface area contributed by atoms with Crippen molar-refractivity contribution in [3.05, 3.63) is 89.7 Å². The average molecular weight is 525 g/mol. The molecule has 2 N–H and O–H groups in total. The second-order valence-electron chi connectivity index (χ2n) is 10.5. The molecule has 1 fully saturated rings. The number of carbonyl (C=O) groups excluding carboxylic acids is 2. The van der Waals surface area contributed by atoms with Gasteiger partial charge >= 0.3 is 0 Å². The summed E-state index contributed by atoms with van der Waals surface area (Å²) in [7, 11) is 4.15. The van der Waals surface area contributed by atoms with Crippen molar-refractivity contribution >= 4 is 34.2 Å². The first kappa shape index (κ1) is 26.4. The molecule has 1 aliphatic rings. The fraction of sp³-hybridized carbons (Fsp3) is 0.323. The van der Waals surface area contributed by atoms with Gasteiger partial charge in [-0.3, -0.25) is 9.59 Å². The molecule has 8 heteroatoms. The number of fused-ring (bicyclic) bond motifs is 1. The minimum absolute atomic E-state index is 0.146. The number of nitrogens with one attached hydrogen (secondary N) is 2. The Bertz CT molecular complexity index is 1450. The summed E-state index contributed by atoms with van der Waals surface area (Å²) in [5.41, 5.74) is 6.33. The second kappa shape index (κ2) is 11.7. The van der Waals surface area contributed by atoms with E-state index in [0.717, 1.165) is 42.7 Å². The van der Waals surface area contributed by atoms with Crippen molar-refractivity contribution in [3.63, 3.8) is 0 Å². The Morgan fingerprint density at radius 1 is 1.05 bits per heavy atom. The van der Waals surface area contributed by atoms with Crippen molar-refractivity contribution in [2.24, 2.45) is 0 Å². The maximum absolute atomic E-state index is 13.5. The van der Waals surface area contributed by atoms with Crippen molar-refractivity contribution in [3.8, 4) is 0 Å². The molecule has 0 saturated carbocycles. The van der Waals surface area contributed by atoms with E-state index < -0.39 is 0 Å². The molecule has 202 valence electrons. The summed E-state index contributed by atoms with van der Waals surface area (Å²) in [5.74, 6) is -0.0431. The Morgan fingerprint density at radius 3 is 2.62 bits per heavy atom. The fourth-order valence-electron chi connectivity index (χ4n) is 5.24. The van der Waals surface area contributed by atoms with Gasteiger partial charge in [0.15, 0.2) is 0 Å². The SMILES string of the molecule is Cc1ccccc1N1CCN(C(=O)Cc2ccc(NC(=O)c3ccc4nc[nH]c4c3)cc2)C(CCN(C)C)C1. The molecule has 2 amide bonds. The van der Waals surface area contributed by atoms with Crippen LogP contribution in [0.1, 0.15) is 27.9 Å². The van der Waals surface area contributed by atoms with Crippen molar-refractivity contribution in [1.82, 2.24) is 19.8 Å². The lowest BCUT2D eigenvalue weighted by Crippen LogP contribution is -2.56. The van der Waals surface area contributed by atoms with Crippen molar-refractivity contribution < 1.29 is 9.59 Å². The summed E-state index contributed by atoms with van der Waals surface area (Å²) in [4.78, 5) is 40.1. The zero-order valence-corrected chi connectivity index (χ0v) is 22.9. The van der Waals surface area contributed by atoms with Crippen LogP contribution >= 0.6 is 0 Å². The maximum atomic E-state index is 13.5. The number of aromatic nitrogens is 2.